The number of benzene rings is 1. The summed E-state index contributed by atoms with van der Waals surface area (Å²) in [5, 5.41) is 8.33. The van der Waals surface area contributed by atoms with Gasteiger partial charge in [0, 0.05) is 5.56 Å². The maximum Gasteiger partial charge on any atom is 0.123 e. The molecule has 1 aromatic carbocycles. The fraction of sp³-hybridized carbons (Fsp3) is 0.273. The Kier molecular flexibility index (Phi) is 6.58. The molecular weight excluding hydrogens is 167 g/mol. The highest BCUT2D eigenvalue weighted by Gasteiger charge is 1.87. The molecule has 0 spiro atoms. The lowest BCUT2D eigenvalue weighted by atomic mass is 10.2. The van der Waals surface area contributed by atoms with E-state index in [1.165, 1.54) is 12.1 Å². The summed E-state index contributed by atoms with van der Waals surface area (Å²) in [5.74, 6) is 4.84. The van der Waals surface area contributed by atoms with E-state index in [1.807, 2.05) is 13.8 Å². The minimum absolute atomic E-state index is 0.169. The minimum Gasteiger partial charge on any atom is -0.384 e. The lowest BCUT2D eigenvalue weighted by molar-refractivity contribution is 0.350. The van der Waals surface area contributed by atoms with Gasteiger partial charge in [-0.25, -0.2) is 4.39 Å². The number of hydrogen-bond acceptors (Lipinski definition) is 1. The maximum absolute atomic E-state index is 12.3. The van der Waals surface area contributed by atoms with Crippen LogP contribution in [0.25, 0.3) is 0 Å². The molecule has 1 rings (SSSR count). The van der Waals surface area contributed by atoms with Crippen molar-refractivity contribution in [2.75, 3.05) is 6.61 Å². The van der Waals surface area contributed by atoms with Crippen molar-refractivity contribution in [3.8, 4) is 11.8 Å². The Bertz CT molecular complexity index is 279. The molecule has 0 heterocycles. The summed E-state index contributed by atoms with van der Waals surface area (Å²) >= 11 is 0. The Morgan fingerprint density at radius 2 is 1.77 bits per heavy atom. The van der Waals surface area contributed by atoms with E-state index in [0.29, 0.717) is 5.56 Å². The monoisotopic (exact) mass is 180 g/mol. The zero-order chi connectivity index (χ0) is 10.1. The molecule has 0 amide bonds. The molecule has 0 aromatic heterocycles. The second kappa shape index (κ2) is 7.33. The molecule has 2 heteroatoms. The third-order valence-electron chi connectivity index (χ3n) is 1.16. The zero-order valence-electron chi connectivity index (χ0n) is 7.84. The molecule has 0 saturated heterocycles. The number of halogens is 1. The highest BCUT2D eigenvalue weighted by molar-refractivity contribution is 5.33. The molecule has 1 aromatic rings. The summed E-state index contributed by atoms with van der Waals surface area (Å²) in [6, 6.07) is 5.80. The molecule has 0 unspecified atom stereocenters. The normalized spacial score (nSPS) is 7.69. The zero-order valence-corrected chi connectivity index (χ0v) is 7.84. The number of aliphatic hydroxyl groups excluding tert-OH is 1. The fourth-order valence-corrected chi connectivity index (χ4v) is 0.675. The average Bonchev–Trinajstić information content (AvgIpc) is 2.20. The third kappa shape index (κ3) is 5.00. The summed E-state index contributed by atoms with van der Waals surface area (Å²) in [5.41, 5.74) is 0.709. The average molecular weight is 180 g/mol. The summed E-state index contributed by atoms with van der Waals surface area (Å²) in [4.78, 5) is 0. The highest BCUT2D eigenvalue weighted by atomic mass is 19.1. The van der Waals surface area contributed by atoms with Gasteiger partial charge in [-0.05, 0) is 24.3 Å². The van der Waals surface area contributed by atoms with Crippen molar-refractivity contribution in [1.82, 2.24) is 0 Å². The molecule has 0 bridgehead atoms. The topological polar surface area (TPSA) is 20.2 Å². The van der Waals surface area contributed by atoms with Gasteiger partial charge in [0.1, 0.15) is 12.4 Å². The van der Waals surface area contributed by atoms with E-state index in [-0.39, 0.29) is 12.4 Å². The van der Waals surface area contributed by atoms with Gasteiger partial charge in [-0.15, -0.1) is 0 Å². The van der Waals surface area contributed by atoms with Crippen LogP contribution in [0.4, 0.5) is 4.39 Å². The summed E-state index contributed by atoms with van der Waals surface area (Å²) in [6.45, 7) is 3.83. The van der Waals surface area contributed by atoms with Gasteiger partial charge in [0.15, 0.2) is 0 Å². The van der Waals surface area contributed by atoms with Crippen LogP contribution < -0.4 is 0 Å². The van der Waals surface area contributed by atoms with Crippen LogP contribution in [0.15, 0.2) is 24.3 Å². The smallest absolute Gasteiger partial charge is 0.123 e. The van der Waals surface area contributed by atoms with Crippen molar-refractivity contribution in [3.63, 3.8) is 0 Å². The Hall–Kier alpha value is -1.33. The quantitative estimate of drug-likeness (QED) is 0.607. The van der Waals surface area contributed by atoms with Crippen LogP contribution in [-0.2, 0) is 0 Å². The second-order valence-corrected chi connectivity index (χ2v) is 1.97. The van der Waals surface area contributed by atoms with Gasteiger partial charge < -0.3 is 5.11 Å². The van der Waals surface area contributed by atoms with Crippen molar-refractivity contribution < 1.29 is 9.50 Å². The molecule has 0 radical (unpaired) electrons. The van der Waals surface area contributed by atoms with Crippen molar-refractivity contribution in [1.29, 1.82) is 0 Å². The number of hydrogen-bond donors (Lipinski definition) is 1. The maximum atomic E-state index is 12.3. The highest BCUT2D eigenvalue weighted by Crippen LogP contribution is 1.99. The van der Waals surface area contributed by atoms with Gasteiger partial charge in [0.2, 0.25) is 0 Å². The Balaban J connectivity index is 0.000000671. The molecule has 0 saturated carbocycles. The van der Waals surface area contributed by atoms with Crippen LogP contribution in [0.3, 0.4) is 0 Å². The second-order valence-electron chi connectivity index (χ2n) is 1.97. The van der Waals surface area contributed by atoms with Gasteiger partial charge in [-0.2, -0.15) is 0 Å². The van der Waals surface area contributed by atoms with E-state index in [0.717, 1.165) is 0 Å². The summed E-state index contributed by atoms with van der Waals surface area (Å²) in [7, 11) is 0. The van der Waals surface area contributed by atoms with Crippen LogP contribution in [-0.4, -0.2) is 11.7 Å². The predicted octanol–water partition coefficient (Wildman–Crippen LogP) is 2.20. The van der Waals surface area contributed by atoms with E-state index in [4.69, 9.17) is 5.11 Å². The standard InChI is InChI=1S/C9H7FO.C2H6/c10-9-5-3-8(4-6-9)2-1-7-11;1-2/h3-6,11H,7H2;1-2H3. The molecule has 0 fully saturated rings. The van der Waals surface area contributed by atoms with Gasteiger partial charge in [-0.1, -0.05) is 25.7 Å². The molecule has 0 aliphatic carbocycles. The van der Waals surface area contributed by atoms with E-state index in [1.54, 1.807) is 12.1 Å². The first kappa shape index (κ1) is 11.7. The lowest BCUT2D eigenvalue weighted by Crippen LogP contribution is -1.77. The SMILES string of the molecule is CC.OCC#Cc1ccc(F)cc1. The first-order valence-corrected chi connectivity index (χ1v) is 4.18. The minimum atomic E-state index is -0.278. The molecule has 13 heavy (non-hydrogen) atoms. The van der Waals surface area contributed by atoms with E-state index >= 15 is 0 Å². The van der Waals surface area contributed by atoms with Crippen molar-refractivity contribution in [2.45, 2.75) is 13.8 Å². The van der Waals surface area contributed by atoms with E-state index in [2.05, 4.69) is 11.8 Å². The molecule has 0 aliphatic heterocycles. The van der Waals surface area contributed by atoms with Crippen LogP contribution in [0.5, 0.6) is 0 Å². The Labute approximate surface area is 78.2 Å². The Morgan fingerprint density at radius 3 is 2.23 bits per heavy atom. The molecule has 0 atom stereocenters. The molecule has 0 aliphatic rings. The van der Waals surface area contributed by atoms with Crippen LogP contribution in [0, 0.1) is 17.7 Å². The van der Waals surface area contributed by atoms with Gasteiger partial charge in [0.25, 0.3) is 0 Å². The molecule has 1 N–H and O–H groups in total. The van der Waals surface area contributed by atoms with Gasteiger partial charge >= 0.3 is 0 Å². The van der Waals surface area contributed by atoms with Crippen LogP contribution in [0.2, 0.25) is 0 Å². The number of rotatable bonds is 0. The van der Waals surface area contributed by atoms with Crippen LogP contribution >= 0.6 is 0 Å². The Morgan fingerprint density at radius 1 is 1.23 bits per heavy atom. The van der Waals surface area contributed by atoms with Crippen molar-refractivity contribution in [3.05, 3.63) is 35.6 Å². The molecule has 70 valence electrons. The molecule has 1 nitrogen and oxygen atoms in total. The fourth-order valence-electron chi connectivity index (χ4n) is 0.675. The van der Waals surface area contributed by atoms with Crippen molar-refractivity contribution in [2.24, 2.45) is 0 Å². The predicted molar refractivity (Wildman–Crippen MR) is 51.7 cm³/mol. The van der Waals surface area contributed by atoms with Crippen molar-refractivity contribution >= 4 is 0 Å². The van der Waals surface area contributed by atoms with Gasteiger partial charge in [-0.3, -0.25) is 0 Å². The third-order valence-corrected chi connectivity index (χ3v) is 1.16. The summed E-state index contributed by atoms with van der Waals surface area (Å²) < 4.78 is 12.3. The summed E-state index contributed by atoms with van der Waals surface area (Å²) in [6.07, 6.45) is 0. The van der Waals surface area contributed by atoms with E-state index < -0.39 is 0 Å². The van der Waals surface area contributed by atoms with E-state index in [9.17, 15) is 4.39 Å². The van der Waals surface area contributed by atoms with Gasteiger partial charge in [0.05, 0.1) is 0 Å². The largest absolute Gasteiger partial charge is 0.384 e. The van der Waals surface area contributed by atoms with Crippen LogP contribution in [0.1, 0.15) is 19.4 Å². The first-order chi connectivity index (χ1) is 6.33. The first-order valence-electron chi connectivity index (χ1n) is 4.18. The lowest BCUT2D eigenvalue weighted by Gasteiger charge is -1.87. The number of aliphatic hydroxyl groups is 1. The molecular formula is C11H13FO.